The lowest BCUT2D eigenvalue weighted by molar-refractivity contribution is -0.291. The van der Waals surface area contributed by atoms with Crippen LogP contribution in [0, 0.1) is 0 Å². The molecule has 0 aliphatic carbocycles. The monoisotopic (exact) mass is 516 g/mol. The highest BCUT2D eigenvalue weighted by Gasteiger charge is 2.61. The van der Waals surface area contributed by atoms with Gasteiger partial charge in [-0.3, -0.25) is 0 Å². The van der Waals surface area contributed by atoms with E-state index in [1.165, 1.54) is 0 Å². The van der Waals surface area contributed by atoms with Gasteiger partial charge < -0.3 is 48.5 Å². The number of rotatable bonds is 7. The molecule has 0 unspecified atom stereocenters. The molecule has 4 saturated heterocycles. The number of ether oxygens (including phenoxy) is 7. The molecule has 34 heavy (non-hydrogen) atoms. The number of fused-ring (bicyclic) bond motifs is 3. The predicted molar refractivity (Wildman–Crippen MR) is 107 cm³/mol. The van der Waals surface area contributed by atoms with Gasteiger partial charge in [-0.1, -0.05) is 0 Å². The van der Waals surface area contributed by atoms with Crippen LogP contribution in [-0.4, -0.2) is 110 Å². The van der Waals surface area contributed by atoms with Gasteiger partial charge in [0.25, 0.3) is 0 Å². The molecule has 4 aliphatic heterocycles. The fourth-order valence-corrected chi connectivity index (χ4v) is 5.20. The lowest BCUT2D eigenvalue weighted by Gasteiger charge is -2.43. The Bertz CT molecular complexity index is 842. The molecule has 0 aromatic rings. The van der Waals surface area contributed by atoms with E-state index < -0.39 is 89.8 Å². The van der Waals surface area contributed by atoms with Crippen LogP contribution in [0.4, 0.5) is 0 Å². The van der Waals surface area contributed by atoms with Crippen molar-refractivity contribution in [3.8, 4) is 0 Å². The summed E-state index contributed by atoms with van der Waals surface area (Å²) in [7, 11) is -4.51. The van der Waals surface area contributed by atoms with Gasteiger partial charge in [0.2, 0.25) is 0 Å². The number of hydrogen-bond acceptors (Lipinski definition) is 14. The van der Waals surface area contributed by atoms with Crippen molar-refractivity contribution in [2.45, 2.75) is 101 Å². The Morgan fingerprint density at radius 3 is 2.18 bits per heavy atom. The largest absolute Gasteiger partial charge is 0.394 e. The summed E-state index contributed by atoms with van der Waals surface area (Å²) < 4.78 is 70.6. The maximum atomic E-state index is 11.8. The van der Waals surface area contributed by atoms with Gasteiger partial charge in [-0.25, -0.2) is 0 Å². The van der Waals surface area contributed by atoms with E-state index >= 15 is 0 Å². The molecule has 4 fully saturated rings. The van der Waals surface area contributed by atoms with Crippen LogP contribution < -0.4 is 10.6 Å². The Kier molecular flexibility index (Phi) is 7.31. The minimum Gasteiger partial charge on any atom is -0.394 e. The van der Waals surface area contributed by atoms with E-state index in [1.54, 1.807) is 27.7 Å². The second kappa shape index (κ2) is 9.38. The van der Waals surface area contributed by atoms with E-state index in [0.717, 1.165) is 0 Å². The smallest absolute Gasteiger partial charge is 0.352 e. The van der Waals surface area contributed by atoms with Crippen LogP contribution in [0.5, 0.6) is 0 Å². The molecule has 15 nitrogen and oxygen atoms in total. The second-order valence-electron chi connectivity index (χ2n) is 9.44. The molecule has 0 saturated carbocycles. The first-order valence-corrected chi connectivity index (χ1v) is 12.2. The number of nitrogens with one attached hydrogen (secondary N) is 1. The molecule has 4 rings (SSSR count). The van der Waals surface area contributed by atoms with E-state index in [1.807, 2.05) is 4.72 Å². The molecule has 0 radical (unpaired) electrons. The summed E-state index contributed by atoms with van der Waals surface area (Å²) in [5.74, 6) is 2.90. The first-order valence-electron chi connectivity index (χ1n) is 10.8. The summed E-state index contributed by atoms with van der Waals surface area (Å²) in [4.78, 5) is 0. The molecule has 16 heteroatoms. The van der Waals surface area contributed by atoms with Crippen molar-refractivity contribution in [1.29, 1.82) is 0 Å². The van der Waals surface area contributed by atoms with Gasteiger partial charge in [-0.05, 0) is 27.7 Å². The predicted octanol–water partition coefficient (Wildman–Crippen LogP) is -3.07. The van der Waals surface area contributed by atoms with E-state index in [4.69, 9.17) is 39.1 Å². The van der Waals surface area contributed by atoms with Gasteiger partial charge in [0.15, 0.2) is 24.2 Å². The lowest BCUT2D eigenvalue weighted by Crippen LogP contribution is -2.65. The molecule has 10 atom stereocenters. The van der Waals surface area contributed by atoms with Crippen molar-refractivity contribution in [1.82, 2.24) is 4.72 Å². The second-order valence-corrected chi connectivity index (χ2v) is 10.8. The lowest BCUT2D eigenvalue weighted by atomic mass is 9.97. The van der Waals surface area contributed by atoms with Crippen molar-refractivity contribution >= 4 is 10.3 Å². The van der Waals surface area contributed by atoms with Crippen LogP contribution in [0.25, 0.3) is 0 Å². The zero-order valence-corrected chi connectivity index (χ0v) is 19.9. The van der Waals surface area contributed by atoms with Gasteiger partial charge in [-0.2, -0.15) is 23.3 Å². The fourth-order valence-electron chi connectivity index (χ4n) is 4.56. The molecule has 0 amide bonds. The van der Waals surface area contributed by atoms with Gasteiger partial charge in [0.05, 0.1) is 13.2 Å². The highest BCUT2D eigenvalue weighted by atomic mass is 32.2. The minimum atomic E-state index is -4.51. The maximum Gasteiger partial charge on any atom is 0.352 e. The van der Waals surface area contributed by atoms with Gasteiger partial charge in [0, 0.05) is 0 Å². The number of aliphatic hydroxyl groups is 3. The number of aliphatic hydroxyl groups excluding tert-OH is 3. The van der Waals surface area contributed by atoms with Crippen molar-refractivity contribution in [3.05, 3.63) is 0 Å². The quantitative estimate of drug-likeness (QED) is 0.213. The Morgan fingerprint density at radius 1 is 0.912 bits per heavy atom. The van der Waals surface area contributed by atoms with E-state index in [-0.39, 0.29) is 6.61 Å². The molecule has 4 heterocycles. The molecule has 198 valence electrons. The summed E-state index contributed by atoms with van der Waals surface area (Å²) in [5, 5.41) is 30.1. The van der Waals surface area contributed by atoms with E-state index in [2.05, 4.69) is 4.28 Å². The molecule has 0 spiro atoms. The first kappa shape index (κ1) is 26.5. The summed E-state index contributed by atoms with van der Waals surface area (Å²) >= 11 is 0. The van der Waals surface area contributed by atoms with Crippen LogP contribution in [-0.2, 0) is 47.7 Å². The van der Waals surface area contributed by atoms with Gasteiger partial charge >= 0.3 is 10.3 Å². The summed E-state index contributed by atoms with van der Waals surface area (Å²) in [6.07, 6.45) is -9.35. The first-order chi connectivity index (χ1) is 15.8. The standard InChI is InChI=1S/C18H32N2O13S/c1-17(2)29-12-8(28-16-14(13(12)30-17)31-18(3,4)32-16)6-26-15-9(20-34(24,25)33-19)11(23)10(22)7(5-21)27-15/h7-16,20-23H,5-6,19H2,1-4H3/t7-,8-,9-,10-,11-,12+,13+,14-,15-,16-/m1/s1. The van der Waals surface area contributed by atoms with Crippen LogP contribution in [0.15, 0.2) is 0 Å². The van der Waals surface area contributed by atoms with E-state index in [0.29, 0.717) is 0 Å². The van der Waals surface area contributed by atoms with Crippen LogP contribution in [0.1, 0.15) is 27.7 Å². The minimum absolute atomic E-state index is 0.221. The number of nitrogens with two attached hydrogens (primary N) is 1. The Labute approximate surface area is 196 Å². The Morgan fingerprint density at radius 2 is 1.53 bits per heavy atom. The third-order valence-corrected chi connectivity index (χ3v) is 6.78. The zero-order chi connectivity index (χ0) is 25.1. The van der Waals surface area contributed by atoms with Crippen molar-refractivity contribution in [2.24, 2.45) is 5.90 Å². The molecule has 0 aromatic heterocycles. The van der Waals surface area contributed by atoms with Gasteiger partial charge in [0.1, 0.15) is 48.8 Å². The molecule has 6 N–H and O–H groups in total. The normalized spacial score (nSPS) is 45.6. The average Bonchev–Trinajstić information content (AvgIpc) is 3.24. The van der Waals surface area contributed by atoms with Crippen molar-refractivity contribution < 1.29 is 61.2 Å². The topological polar surface area (TPSA) is 207 Å². The third kappa shape index (κ3) is 5.25. The maximum absolute atomic E-state index is 11.8. The summed E-state index contributed by atoms with van der Waals surface area (Å²) in [6, 6.07) is -1.53. The molecular formula is C18H32N2O13S. The SMILES string of the molecule is CC1(C)O[C@H]2[C@@H](O1)[C@@H](CO[C@@H]1O[C@H](CO)[C@@H](O)[C@H](O)[C@H]1NS(=O)(=O)ON)O[C@@H]1OC(C)(C)O[C@@H]12. The zero-order valence-electron chi connectivity index (χ0n) is 19.1. The molecule has 4 aliphatic rings. The van der Waals surface area contributed by atoms with Crippen LogP contribution in [0.3, 0.4) is 0 Å². The molecule has 0 bridgehead atoms. The average molecular weight is 517 g/mol. The van der Waals surface area contributed by atoms with E-state index in [9.17, 15) is 23.7 Å². The van der Waals surface area contributed by atoms with Crippen LogP contribution >= 0.6 is 0 Å². The fraction of sp³-hybridized carbons (Fsp3) is 1.00. The van der Waals surface area contributed by atoms with Crippen LogP contribution in [0.2, 0.25) is 0 Å². The van der Waals surface area contributed by atoms with Crippen molar-refractivity contribution in [3.63, 3.8) is 0 Å². The Balaban J connectivity index is 1.51. The molecule has 0 aromatic carbocycles. The summed E-state index contributed by atoms with van der Waals surface area (Å²) in [6.45, 7) is 6.08. The Hall–Kier alpha value is -0.570. The highest BCUT2D eigenvalue weighted by Crippen LogP contribution is 2.44. The highest BCUT2D eigenvalue weighted by molar-refractivity contribution is 7.84. The third-order valence-electron chi connectivity index (χ3n) is 5.96. The number of hydrogen-bond donors (Lipinski definition) is 5. The summed E-state index contributed by atoms with van der Waals surface area (Å²) in [5.41, 5.74) is 0. The van der Waals surface area contributed by atoms with Crippen molar-refractivity contribution in [2.75, 3.05) is 13.2 Å². The molecular weight excluding hydrogens is 484 g/mol. The van der Waals surface area contributed by atoms with Gasteiger partial charge in [-0.15, -0.1) is 0 Å².